The van der Waals surface area contributed by atoms with Gasteiger partial charge in [-0.25, -0.2) is 9.97 Å². The van der Waals surface area contributed by atoms with Crippen molar-refractivity contribution in [2.45, 2.75) is 19.6 Å². The highest BCUT2D eigenvalue weighted by Gasteiger charge is 2.30. The largest absolute Gasteiger partial charge is 0.401 e. The van der Waals surface area contributed by atoms with Crippen molar-refractivity contribution >= 4 is 16.9 Å². The van der Waals surface area contributed by atoms with Gasteiger partial charge < -0.3 is 5.73 Å². The van der Waals surface area contributed by atoms with E-state index in [0.717, 1.165) is 0 Å². The zero-order chi connectivity index (χ0) is 14.9. The maximum absolute atomic E-state index is 12.4. The van der Waals surface area contributed by atoms with Gasteiger partial charge in [-0.1, -0.05) is 6.92 Å². The molecular weight excluding hydrogens is 273 g/mol. The predicted octanol–water partition coefficient (Wildman–Crippen LogP) is 1.33. The molecule has 20 heavy (non-hydrogen) atoms. The molecule has 0 atom stereocenters. The highest BCUT2D eigenvalue weighted by Crippen LogP contribution is 2.19. The number of hydrogen-bond donors (Lipinski definition) is 1. The molecule has 0 radical (unpaired) electrons. The third kappa shape index (κ3) is 3.16. The van der Waals surface area contributed by atoms with E-state index in [4.69, 9.17) is 5.73 Å². The molecule has 0 saturated carbocycles. The maximum Gasteiger partial charge on any atom is 0.401 e. The summed E-state index contributed by atoms with van der Waals surface area (Å²) in [7, 11) is 1.69. The molecule has 0 aromatic carbocycles. The second kappa shape index (κ2) is 5.23. The topological polar surface area (TPSA) is 72.9 Å². The SMILES string of the molecule is CCN(Cc1nc(N)c2cnn(C)c2n1)CC(F)(F)F. The van der Waals surface area contributed by atoms with E-state index in [0.29, 0.717) is 11.0 Å². The lowest BCUT2D eigenvalue weighted by Crippen LogP contribution is -2.34. The van der Waals surface area contributed by atoms with Crippen LogP contribution in [0.25, 0.3) is 11.0 Å². The normalized spacial score (nSPS) is 12.5. The number of hydrogen-bond acceptors (Lipinski definition) is 5. The van der Waals surface area contributed by atoms with Crippen molar-refractivity contribution in [1.29, 1.82) is 0 Å². The van der Waals surface area contributed by atoms with Crippen LogP contribution in [0.15, 0.2) is 6.20 Å². The van der Waals surface area contributed by atoms with E-state index in [2.05, 4.69) is 15.1 Å². The van der Waals surface area contributed by atoms with Gasteiger partial charge >= 0.3 is 6.18 Å². The van der Waals surface area contributed by atoms with Gasteiger partial charge in [-0.3, -0.25) is 9.58 Å². The Balaban J connectivity index is 2.26. The van der Waals surface area contributed by atoms with Crippen molar-refractivity contribution < 1.29 is 13.2 Å². The van der Waals surface area contributed by atoms with E-state index < -0.39 is 12.7 Å². The second-order valence-corrected chi connectivity index (χ2v) is 4.45. The lowest BCUT2D eigenvalue weighted by atomic mass is 10.3. The molecule has 2 heterocycles. The molecule has 0 fully saturated rings. The summed E-state index contributed by atoms with van der Waals surface area (Å²) >= 11 is 0. The van der Waals surface area contributed by atoms with Crippen LogP contribution >= 0.6 is 0 Å². The van der Waals surface area contributed by atoms with E-state index in [1.165, 1.54) is 15.8 Å². The summed E-state index contributed by atoms with van der Waals surface area (Å²) < 4.78 is 38.8. The van der Waals surface area contributed by atoms with Crippen molar-refractivity contribution in [3.63, 3.8) is 0 Å². The molecule has 110 valence electrons. The predicted molar refractivity (Wildman–Crippen MR) is 67.7 cm³/mol. The van der Waals surface area contributed by atoms with Gasteiger partial charge in [0.15, 0.2) is 5.65 Å². The van der Waals surface area contributed by atoms with Gasteiger partial charge in [0.1, 0.15) is 11.6 Å². The van der Waals surface area contributed by atoms with Gasteiger partial charge in [0, 0.05) is 7.05 Å². The molecule has 0 saturated heterocycles. The molecule has 2 rings (SSSR count). The summed E-state index contributed by atoms with van der Waals surface area (Å²) in [6, 6.07) is 0. The van der Waals surface area contributed by atoms with Crippen molar-refractivity contribution in [1.82, 2.24) is 24.6 Å². The third-order valence-electron chi connectivity index (χ3n) is 2.88. The second-order valence-electron chi connectivity index (χ2n) is 4.45. The number of aromatic nitrogens is 4. The molecule has 6 nitrogen and oxygen atoms in total. The van der Waals surface area contributed by atoms with Crippen LogP contribution in [0.5, 0.6) is 0 Å². The van der Waals surface area contributed by atoms with Crippen LogP contribution in [0.4, 0.5) is 19.0 Å². The quantitative estimate of drug-likeness (QED) is 0.919. The minimum Gasteiger partial charge on any atom is -0.383 e. The number of fused-ring (bicyclic) bond motifs is 1. The lowest BCUT2D eigenvalue weighted by molar-refractivity contribution is -0.146. The Hall–Kier alpha value is -1.90. The van der Waals surface area contributed by atoms with Gasteiger partial charge in [-0.15, -0.1) is 0 Å². The van der Waals surface area contributed by atoms with Crippen LogP contribution in [0.2, 0.25) is 0 Å². The molecule has 0 bridgehead atoms. The summed E-state index contributed by atoms with van der Waals surface area (Å²) in [5.41, 5.74) is 6.28. The number of alkyl halides is 3. The van der Waals surface area contributed by atoms with Crippen molar-refractivity contribution in [2.75, 3.05) is 18.8 Å². The Bertz CT molecular complexity index is 606. The van der Waals surface area contributed by atoms with Crippen LogP contribution in [0.1, 0.15) is 12.7 Å². The van der Waals surface area contributed by atoms with Gasteiger partial charge in [0.2, 0.25) is 0 Å². The van der Waals surface area contributed by atoms with Crippen LogP contribution in [-0.2, 0) is 13.6 Å². The average molecular weight is 288 g/mol. The molecule has 0 amide bonds. The van der Waals surface area contributed by atoms with Crippen molar-refractivity contribution in [3.05, 3.63) is 12.0 Å². The number of anilines is 1. The minimum atomic E-state index is -4.25. The van der Waals surface area contributed by atoms with E-state index in [9.17, 15) is 13.2 Å². The fourth-order valence-electron chi connectivity index (χ4n) is 1.89. The molecule has 2 aromatic heterocycles. The zero-order valence-corrected chi connectivity index (χ0v) is 11.1. The van der Waals surface area contributed by atoms with Gasteiger partial charge in [0.05, 0.1) is 24.7 Å². The summed E-state index contributed by atoms with van der Waals surface area (Å²) in [6.07, 6.45) is -2.72. The first-order chi connectivity index (χ1) is 9.30. The summed E-state index contributed by atoms with van der Waals surface area (Å²) in [5, 5.41) is 4.59. The van der Waals surface area contributed by atoms with Crippen LogP contribution in [0, 0.1) is 0 Å². The van der Waals surface area contributed by atoms with E-state index >= 15 is 0 Å². The van der Waals surface area contributed by atoms with Gasteiger partial charge in [0.25, 0.3) is 0 Å². The Kier molecular flexibility index (Phi) is 3.80. The highest BCUT2D eigenvalue weighted by molar-refractivity contribution is 5.84. The van der Waals surface area contributed by atoms with Crippen LogP contribution < -0.4 is 5.73 Å². The molecule has 2 N–H and O–H groups in total. The van der Waals surface area contributed by atoms with Crippen molar-refractivity contribution in [2.24, 2.45) is 7.05 Å². The molecule has 0 aliphatic rings. The first-order valence-electron chi connectivity index (χ1n) is 6.03. The van der Waals surface area contributed by atoms with Crippen LogP contribution in [-0.4, -0.2) is 43.9 Å². The Morgan fingerprint density at radius 1 is 1.35 bits per heavy atom. The van der Waals surface area contributed by atoms with Gasteiger partial charge in [-0.05, 0) is 6.54 Å². The van der Waals surface area contributed by atoms with Crippen LogP contribution in [0.3, 0.4) is 0 Å². The highest BCUT2D eigenvalue weighted by atomic mass is 19.4. The molecule has 0 unspecified atom stereocenters. The summed E-state index contributed by atoms with van der Waals surface area (Å²) in [5.74, 6) is 0.478. The number of nitrogens with zero attached hydrogens (tertiary/aromatic N) is 5. The zero-order valence-electron chi connectivity index (χ0n) is 11.1. The smallest absolute Gasteiger partial charge is 0.383 e. The number of nitrogens with two attached hydrogens (primary N) is 1. The number of nitrogen functional groups attached to an aromatic ring is 1. The van der Waals surface area contributed by atoms with Crippen molar-refractivity contribution in [3.8, 4) is 0 Å². The van der Waals surface area contributed by atoms with Gasteiger partial charge in [-0.2, -0.15) is 18.3 Å². The molecule has 9 heteroatoms. The van der Waals surface area contributed by atoms with E-state index in [1.807, 2.05) is 0 Å². The fraction of sp³-hybridized carbons (Fsp3) is 0.545. The Morgan fingerprint density at radius 2 is 2.05 bits per heavy atom. The maximum atomic E-state index is 12.4. The number of halogens is 3. The average Bonchev–Trinajstić information content (AvgIpc) is 2.69. The standard InChI is InChI=1S/C11H15F3N6/c1-3-20(6-11(12,13)14)5-8-17-9(15)7-4-16-19(2)10(7)18-8/h4H,3,5-6H2,1-2H3,(H2,15,17,18). The van der Waals surface area contributed by atoms with E-state index in [1.54, 1.807) is 14.0 Å². The molecular formula is C11H15F3N6. The molecule has 0 aliphatic heterocycles. The Labute approximate surface area is 113 Å². The number of rotatable bonds is 4. The lowest BCUT2D eigenvalue weighted by Gasteiger charge is -2.21. The molecule has 0 spiro atoms. The first kappa shape index (κ1) is 14.5. The first-order valence-corrected chi connectivity index (χ1v) is 6.03. The Morgan fingerprint density at radius 3 is 2.65 bits per heavy atom. The number of aryl methyl sites for hydroxylation is 1. The minimum absolute atomic E-state index is 0.0126. The summed E-state index contributed by atoms with van der Waals surface area (Å²) in [4.78, 5) is 9.46. The third-order valence-corrected chi connectivity index (χ3v) is 2.88. The van der Waals surface area contributed by atoms with E-state index in [-0.39, 0.29) is 24.7 Å². The molecule has 2 aromatic rings. The monoisotopic (exact) mass is 288 g/mol. The fourth-order valence-corrected chi connectivity index (χ4v) is 1.89. The summed E-state index contributed by atoms with van der Waals surface area (Å²) in [6.45, 7) is 0.876. The molecule has 0 aliphatic carbocycles.